The van der Waals surface area contributed by atoms with E-state index in [0.717, 1.165) is 29.6 Å². The highest BCUT2D eigenvalue weighted by molar-refractivity contribution is 5.74. The Kier molecular flexibility index (Phi) is 6.31. The van der Waals surface area contributed by atoms with Gasteiger partial charge in [0.15, 0.2) is 5.65 Å². The van der Waals surface area contributed by atoms with Gasteiger partial charge in [-0.05, 0) is 80.1 Å². The van der Waals surface area contributed by atoms with Gasteiger partial charge in [-0.3, -0.25) is 0 Å². The van der Waals surface area contributed by atoms with Gasteiger partial charge in [0.25, 0.3) is 0 Å². The third kappa shape index (κ3) is 4.88. The molecule has 0 amide bonds. The van der Waals surface area contributed by atoms with E-state index in [1.54, 1.807) is 6.20 Å². The zero-order valence-corrected chi connectivity index (χ0v) is 15.4. The van der Waals surface area contributed by atoms with Crippen LogP contribution < -0.4 is 5.73 Å². The molecule has 2 N–H and O–H groups in total. The normalized spacial score (nSPS) is 11.8. The fourth-order valence-electron chi connectivity index (χ4n) is 3.16. The molecule has 0 spiro atoms. The van der Waals surface area contributed by atoms with E-state index in [-0.39, 0.29) is 0 Å². The van der Waals surface area contributed by atoms with Crippen LogP contribution in [0.1, 0.15) is 50.3 Å². The van der Waals surface area contributed by atoms with E-state index in [2.05, 4.69) is 52.2 Å². The molecule has 0 saturated carbocycles. The van der Waals surface area contributed by atoms with Crippen LogP contribution >= 0.6 is 0 Å². The number of nitrogens with zero attached hydrogens (tertiary/aromatic N) is 3. The lowest BCUT2D eigenvalue weighted by molar-refractivity contribution is 0.645. The number of hydrogen-bond acceptors (Lipinski definition) is 4. The number of allylic oxidation sites excluding steroid dienone is 2. The number of aromatic nitrogens is 3. The number of aryl methyl sites for hydroxylation is 1. The van der Waals surface area contributed by atoms with Gasteiger partial charge < -0.3 is 5.73 Å². The predicted molar refractivity (Wildman–Crippen MR) is 109 cm³/mol. The number of anilines is 1. The van der Waals surface area contributed by atoms with Crippen molar-refractivity contribution < 1.29 is 0 Å². The van der Waals surface area contributed by atoms with Crippen molar-refractivity contribution in [3.8, 4) is 0 Å². The molecule has 3 heterocycles. The van der Waals surface area contributed by atoms with Crippen LogP contribution in [0.4, 0.5) is 5.82 Å². The Labute approximate surface area is 155 Å². The molecule has 0 saturated heterocycles. The van der Waals surface area contributed by atoms with Crippen molar-refractivity contribution in [2.75, 3.05) is 5.73 Å². The van der Waals surface area contributed by atoms with Crippen LogP contribution in [0.25, 0.3) is 16.6 Å². The molecule has 4 nitrogen and oxygen atoms in total. The number of hydrogen-bond donors (Lipinski definition) is 1. The average Bonchev–Trinajstić information content (AvgIpc) is 2.68. The van der Waals surface area contributed by atoms with Crippen molar-refractivity contribution in [2.45, 2.75) is 45.4 Å². The highest BCUT2D eigenvalue weighted by atomic mass is 14.8. The van der Waals surface area contributed by atoms with Crippen molar-refractivity contribution in [2.24, 2.45) is 0 Å². The molecular weight excluding hydrogens is 320 g/mol. The summed E-state index contributed by atoms with van der Waals surface area (Å²) in [6, 6.07) is 12.2. The largest absolute Gasteiger partial charge is 0.384 e. The monoisotopic (exact) mass is 346 g/mol. The Morgan fingerprint density at radius 1 is 1.00 bits per heavy atom. The fraction of sp³-hybridized carbons (Fsp3) is 0.318. The maximum atomic E-state index is 5.66. The number of pyridine rings is 3. The lowest BCUT2D eigenvalue weighted by atomic mass is 10.00. The highest BCUT2D eigenvalue weighted by Gasteiger charge is 2.03. The van der Waals surface area contributed by atoms with Crippen LogP contribution in [0.5, 0.6) is 0 Å². The van der Waals surface area contributed by atoms with E-state index >= 15 is 0 Å². The summed E-state index contributed by atoms with van der Waals surface area (Å²) in [5, 5.41) is 1.10. The fourth-order valence-corrected chi connectivity index (χ4v) is 3.16. The SMILES string of the molecule is C/C=C(/CCCCCCc1ccc2cccnc2n1)c1ccc(N)nc1. The number of fused-ring (bicyclic) bond motifs is 1. The molecule has 0 aromatic carbocycles. The van der Waals surface area contributed by atoms with E-state index in [4.69, 9.17) is 5.73 Å². The van der Waals surface area contributed by atoms with Gasteiger partial charge in [-0.2, -0.15) is 0 Å². The minimum atomic E-state index is 0.571. The molecule has 3 aromatic rings. The first-order valence-electron chi connectivity index (χ1n) is 9.34. The van der Waals surface area contributed by atoms with Crippen molar-refractivity contribution in [1.29, 1.82) is 0 Å². The first-order chi connectivity index (χ1) is 12.8. The van der Waals surface area contributed by atoms with Crippen molar-refractivity contribution in [3.05, 3.63) is 66.1 Å². The molecule has 0 aliphatic heterocycles. The number of unbranched alkanes of at least 4 members (excludes halogenated alkanes) is 3. The molecule has 0 bridgehead atoms. The lowest BCUT2D eigenvalue weighted by Crippen LogP contribution is -1.93. The minimum absolute atomic E-state index is 0.571. The molecular formula is C22H26N4. The van der Waals surface area contributed by atoms with Crippen LogP contribution in [0.2, 0.25) is 0 Å². The molecule has 0 radical (unpaired) electrons. The van der Waals surface area contributed by atoms with Gasteiger partial charge in [0.05, 0.1) is 0 Å². The van der Waals surface area contributed by atoms with Gasteiger partial charge >= 0.3 is 0 Å². The zero-order chi connectivity index (χ0) is 18.2. The van der Waals surface area contributed by atoms with Crippen LogP contribution in [0.3, 0.4) is 0 Å². The molecule has 4 heteroatoms. The molecule has 0 fully saturated rings. The summed E-state index contributed by atoms with van der Waals surface area (Å²) >= 11 is 0. The third-order valence-corrected chi connectivity index (χ3v) is 4.66. The highest BCUT2D eigenvalue weighted by Crippen LogP contribution is 2.21. The van der Waals surface area contributed by atoms with Gasteiger partial charge in [-0.25, -0.2) is 15.0 Å². The standard InChI is InChI=1S/C22H26N4/c1-2-17(19-12-14-21(23)25-16-19)8-5-3-4-6-10-20-13-11-18-9-7-15-24-22(18)26-20/h2,7,9,11-16H,3-6,8,10H2,1H3,(H2,23,25)/b17-2-. The number of nitrogen functional groups attached to an aromatic ring is 1. The second kappa shape index (κ2) is 9.09. The van der Waals surface area contributed by atoms with E-state index in [1.807, 2.05) is 18.3 Å². The second-order valence-corrected chi connectivity index (χ2v) is 6.55. The number of nitrogens with two attached hydrogens (primary N) is 1. The molecule has 0 aliphatic rings. The van der Waals surface area contributed by atoms with Gasteiger partial charge in [-0.15, -0.1) is 0 Å². The van der Waals surface area contributed by atoms with Crippen LogP contribution in [0.15, 0.2) is 54.9 Å². The Morgan fingerprint density at radius 3 is 2.69 bits per heavy atom. The van der Waals surface area contributed by atoms with Crippen LogP contribution in [-0.2, 0) is 6.42 Å². The molecule has 0 atom stereocenters. The van der Waals surface area contributed by atoms with Crippen LogP contribution in [-0.4, -0.2) is 15.0 Å². The van der Waals surface area contributed by atoms with E-state index < -0.39 is 0 Å². The molecule has 3 rings (SSSR count). The van der Waals surface area contributed by atoms with E-state index in [0.29, 0.717) is 5.82 Å². The smallest absolute Gasteiger partial charge is 0.159 e. The van der Waals surface area contributed by atoms with Gasteiger partial charge in [0.1, 0.15) is 5.82 Å². The van der Waals surface area contributed by atoms with Gasteiger partial charge in [0, 0.05) is 23.5 Å². The molecule has 0 aliphatic carbocycles. The third-order valence-electron chi connectivity index (χ3n) is 4.66. The van der Waals surface area contributed by atoms with Gasteiger partial charge in [0.2, 0.25) is 0 Å². The summed E-state index contributed by atoms with van der Waals surface area (Å²) < 4.78 is 0. The average molecular weight is 346 g/mol. The lowest BCUT2D eigenvalue weighted by Gasteiger charge is -2.07. The van der Waals surface area contributed by atoms with E-state index in [9.17, 15) is 0 Å². The zero-order valence-electron chi connectivity index (χ0n) is 15.4. The quantitative estimate of drug-likeness (QED) is 0.569. The summed E-state index contributed by atoms with van der Waals surface area (Å²) in [7, 11) is 0. The molecule has 134 valence electrons. The Balaban J connectivity index is 1.40. The Bertz CT molecular complexity index is 869. The summed E-state index contributed by atoms with van der Waals surface area (Å²) in [4.78, 5) is 13.2. The van der Waals surface area contributed by atoms with Crippen molar-refractivity contribution in [1.82, 2.24) is 15.0 Å². The molecule has 3 aromatic heterocycles. The topological polar surface area (TPSA) is 64.7 Å². The summed E-state index contributed by atoms with van der Waals surface area (Å²) in [5.41, 5.74) is 10.2. The second-order valence-electron chi connectivity index (χ2n) is 6.55. The Morgan fingerprint density at radius 2 is 1.88 bits per heavy atom. The summed E-state index contributed by atoms with van der Waals surface area (Å²) in [6.45, 7) is 2.09. The predicted octanol–water partition coefficient (Wildman–Crippen LogP) is 5.20. The first kappa shape index (κ1) is 18.1. The summed E-state index contributed by atoms with van der Waals surface area (Å²) in [6.07, 6.45) is 12.8. The maximum Gasteiger partial charge on any atom is 0.159 e. The van der Waals surface area contributed by atoms with E-state index in [1.165, 1.54) is 36.8 Å². The first-order valence-corrected chi connectivity index (χ1v) is 9.34. The summed E-state index contributed by atoms with van der Waals surface area (Å²) in [5.74, 6) is 0.571. The van der Waals surface area contributed by atoms with Crippen molar-refractivity contribution in [3.63, 3.8) is 0 Å². The molecule has 0 unspecified atom stereocenters. The Hall–Kier alpha value is -2.75. The van der Waals surface area contributed by atoms with Gasteiger partial charge in [-0.1, -0.05) is 18.9 Å². The molecule has 26 heavy (non-hydrogen) atoms. The maximum absolute atomic E-state index is 5.66. The van der Waals surface area contributed by atoms with Crippen molar-refractivity contribution >= 4 is 22.4 Å². The minimum Gasteiger partial charge on any atom is -0.384 e. The number of rotatable bonds is 8. The van der Waals surface area contributed by atoms with Crippen LogP contribution in [0, 0.1) is 0 Å².